The van der Waals surface area contributed by atoms with Crippen LogP contribution in [0.2, 0.25) is 0 Å². The van der Waals surface area contributed by atoms with Crippen LogP contribution in [0.1, 0.15) is 46.0 Å². The smallest absolute Gasteiger partial charge is 0.342 e. The fourth-order valence-electron chi connectivity index (χ4n) is 4.37. The summed E-state index contributed by atoms with van der Waals surface area (Å²) in [7, 11) is 1.64. The zero-order valence-electron chi connectivity index (χ0n) is 19.3. The number of carbonyl (C=O) groups excluding carboxylic acids is 1. The van der Waals surface area contributed by atoms with E-state index in [-0.39, 0.29) is 23.6 Å². The Balaban J connectivity index is 1.89. The number of aryl methyl sites for hydroxylation is 1. The number of rotatable bonds is 5. The van der Waals surface area contributed by atoms with Crippen molar-refractivity contribution in [2.24, 2.45) is 0 Å². The molecule has 1 aliphatic heterocycles. The molecule has 3 aromatic rings. The van der Waals surface area contributed by atoms with Crippen LogP contribution in [0.3, 0.4) is 0 Å². The van der Waals surface area contributed by atoms with E-state index in [1.807, 2.05) is 0 Å². The van der Waals surface area contributed by atoms with Crippen LogP contribution >= 0.6 is 0 Å². The lowest BCUT2D eigenvalue weighted by atomic mass is 9.98. The molecule has 0 unspecified atom stereocenters. The van der Waals surface area contributed by atoms with Crippen molar-refractivity contribution in [3.8, 4) is 5.69 Å². The standard InChI is InChI=1S/C25H23F2N3O5/c1-14-16(5-4-6-19(14)25(2,26)27)12-30-22(32)18(23(33)34)13-29(24(30)35)17-8-9-20-15(11-17)7-10-21(31)28(20)3/h4-6,8-9,11,13H,7,10,12H2,1-3H3,(H,33,34). The Labute approximate surface area is 198 Å². The summed E-state index contributed by atoms with van der Waals surface area (Å²) in [6.07, 6.45) is 1.70. The molecule has 0 spiro atoms. The molecule has 2 heterocycles. The molecule has 0 radical (unpaired) electrons. The van der Waals surface area contributed by atoms with Gasteiger partial charge in [0.15, 0.2) is 0 Å². The van der Waals surface area contributed by atoms with Gasteiger partial charge in [0, 0.05) is 37.8 Å². The Hall–Kier alpha value is -4.08. The molecular formula is C25H23F2N3O5. The molecule has 0 saturated heterocycles. The molecule has 1 aliphatic rings. The number of aromatic carboxylic acids is 1. The molecule has 1 N–H and O–H groups in total. The number of carbonyl (C=O) groups is 2. The average Bonchev–Trinajstić information content (AvgIpc) is 2.79. The summed E-state index contributed by atoms with van der Waals surface area (Å²) in [6.45, 7) is 1.84. The molecule has 0 atom stereocenters. The van der Waals surface area contributed by atoms with Crippen LogP contribution in [0.25, 0.3) is 5.69 Å². The minimum atomic E-state index is -3.13. The summed E-state index contributed by atoms with van der Waals surface area (Å²) in [5, 5.41) is 9.61. The maximum atomic E-state index is 14.0. The third kappa shape index (κ3) is 4.27. The number of carboxylic acid groups (broad SMARTS) is 1. The van der Waals surface area contributed by atoms with Crippen LogP contribution in [0.5, 0.6) is 0 Å². The lowest BCUT2D eigenvalue weighted by molar-refractivity contribution is -0.118. The van der Waals surface area contributed by atoms with Gasteiger partial charge in [-0.1, -0.05) is 18.2 Å². The number of halogens is 2. The predicted octanol–water partition coefficient (Wildman–Crippen LogP) is 3.07. The van der Waals surface area contributed by atoms with Crippen molar-refractivity contribution >= 4 is 17.6 Å². The lowest BCUT2D eigenvalue weighted by Crippen LogP contribution is -2.42. The maximum Gasteiger partial charge on any atom is 0.342 e. The number of amides is 1. The van der Waals surface area contributed by atoms with E-state index in [2.05, 4.69) is 0 Å². The van der Waals surface area contributed by atoms with E-state index < -0.39 is 28.7 Å². The molecule has 0 fully saturated rings. The molecule has 10 heteroatoms. The second-order valence-electron chi connectivity index (χ2n) is 8.64. The van der Waals surface area contributed by atoms with E-state index in [1.54, 1.807) is 25.2 Å². The highest BCUT2D eigenvalue weighted by atomic mass is 19.3. The van der Waals surface area contributed by atoms with Gasteiger partial charge in [0.1, 0.15) is 5.56 Å². The van der Waals surface area contributed by atoms with Gasteiger partial charge in [-0.15, -0.1) is 0 Å². The lowest BCUT2D eigenvalue weighted by Gasteiger charge is -2.26. The molecular weight excluding hydrogens is 460 g/mol. The van der Waals surface area contributed by atoms with Gasteiger partial charge in [-0.2, -0.15) is 0 Å². The van der Waals surface area contributed by atoms with E-state index in [0.29, 0.717) is 29.8 Å². The first-order chi connectivity index (χ1) is 16.4. The van der Waals surface area contributed by atoms with Gasteiger partial charge in [-0.25, -0.2) is 18.4 Å². The Morgan fingerprint density at radius 2 is 1.83 bits per heavy atom. The highest BCUT2D eigenvalue weighted by Crippen LogP contribution is 2.31. The number of benzene rings is 2. The fraction of sp³-hybridized carbons (Fsp3) is 0.280. The summed E-state index contributed by atoms with van der Waals surface area (Å²) in [4.78, 5) is 51.6. The molecule has 1 amide bonds. The minimum absolute atomic E-state index is 0.0422. The van der Waals surface area contributed by atoms with Gasteiger partial charge in [0.2, 0.25) is 5.91 Å². The number of carboxylic acids is 1. The number of aromatic nitrogens is 2. The molecule has 0 bridgehead atoms. The molecule has 182 valence electrons. The van der Waals surface area contributed by atoms with Crippen LogP contribution in [-0.4, -0.2) is 33.2 Å². The number of fused-ring (bicyclic) bond motifs is 1. The Morgan fingerprint density at radius 1 is 1.11 bits per heavy atom. The molecule has 0 saturated carbocycles. The minimum Gasteiger partial charge on any atom is -0.477 e. The monoisotopic (exact) mass is 483 g/mol. The van der Waals surface area contributed by atoms with Gasteiger partial charge in [-0.05, 0) is 48.2 Å². The summed E-state index contributed by atoms with van der Waals surface area (Å²) in [6, 6.07) is 9.06. The second kappa shape index (κ2) is 8.61. The van der Waals surface area contributed by atoms with E-state index >= 15 is 0 Å². The van der Waals surface area contributed by atoms with Gasteiger partial charge >= 0.3 is 11.7 Å². The summed E-state index contributed by atoms with van der Waals surface area (Å²) < 4.78 is 29.8. The van der Waals surface area contributed by atoms with Crippen LogP contribution in [0, 0.1) is 6.92 Å². The first-order valence-corrected chi connectivity index (χ1v) is 10.9. The first kappa shape index (κ1) is 24.1. The third-order valence-electron chi connectivity index (χ3n) is 6.33. The average molecular weight is 483 g/mol. The number of alkyl halides is 2. The molecule has 4 rings (SSSR count). The highest BCUT2D eigenvalue weighted by Gasteiger charge is 2.28. The SMILES string of the molecule is Cc1c(Cn2c(=O)c(C(=O)O)cn(-c3ccc4c(c3)CCC(=O)N4C)c2=O)cccc1C(C)(F)F. The van der Waals surface area contributed by atoms with E-state index in [4.69, 9.17) is 0 Å². The topological polar surface area (TPSA) is 102 Å². The van der Waals surface area contributed by atoms with Crippen molar-refractivity contribution < 1.29 is 23.5 Å². The second-order valence-corrected chi connectivity index (χ2v) is 8.64. The highest BCUT2D eigenvalue weighted by molar-refractivity contribution is 5.96. The Bertz CT molecular complexity index is 1480. The number of anilines is 1. The van der Waals surface area contributed by atoms with Crippen molar-refractivity contribution in [1.29, 1.82) is 0 Å². The van der Waals surface area contributed by atoms with E-state index in [9.17, 15) is 33.1 Å². The predicted molar refractivity (Wildman–Crippen MR) is 125 cm³/mol. The largest absolute Gasteiger partial charge is 0.477 e. The van der Waals surface area contributed by atoms with E-state index in [1.165, 1.54) is 30.0 Å². The van der Waals surface area contributed by atoms with Crippen LogP contribution in [-0.2, 0) is 23.7 Å². The van der Waals surface area contributed by atoms with E-state index in [0.717, 1.165) is 27.8 Å². The molecule has 2 aromatic carbocycles. The zero-order valence-corrected chi connectivity index (χ0v) is 19.3. The summed E-state index contributed by atoms with van der Waals surface area (Å²) >= 11 is 0. The Morgan fingerprint density at radius 3 is 2.49 bits per heavy atom. The molecule has 35 heavy (non-hydrogen) atoms. The van der Waals surface area contributed by atoms with Crippen LogP contribution < -0.4 is 16.1 Å². The third-order valence-corrected chi connectivity index (χ3v) is 6.33. The molecule has 1 aromatic heterocycles. The zero-order chi connectivity index (χ0) is 25.7. The van der Waals surface area contributed by atoms with Gasteiger partial charge in [-0.3, -0.25) is 18.7 Å². The van der Waals surface area contributed by atoms with Crippen LogP contribution in [0.4, 0.5) is 14.5 Å². The normalized spacial score (nSPS) is 13.6. The van der Waals surface area contributed by atoms with Crippen molar-refractivity contribution in [2.75, 3.05) is 11.9 Å². The van der Waals surface area contributed by atoms with Gasteiger partial charge < -0.3 is 10.0 Å². The van der Waals surface area contributed by atoms with Gasteiger partial charge in [0.05, 0.1) is 12.2 Å². The molecule has 8 nitrogen and oxygen atoms in total. The number of hydrogen-bond acceptors (Lipinski definition) is 4. The van der Waals surface area contributed by atoms with Gasteiger partial charge in [0.25, 0.3) is 11.5 Å². The first-order valence-electron chi connectivity index (χ1n) is 10.9. The van der Waals surface area contributed by atoms with Crippen LogP contribution in [0.15, 0.2) is 52.2 Å². The quantitative estimate of drug-likeness (QED) is 0.601. The summed E-state index contributed by atoms with van der Waals surface area (Å²) in [5.41, 5.74) is -0.433. The fourth-order valence-corrected chi connectivity index (χ4v) is 4.37. The number of nitrogens with zero attached hydrogens (tertiary/aromatic N) is 3. The maximum absolute atomic E-state index is 14.0. The molecule has 0 aliphatic carbocycles. The van der Waals surface area contributed by atoms with Crippen molar-refractivity contribution in [2.45, 2.75) is 39.2 Å². The van der Waals surface area contributed by atoms with Crippen molar-refractivity contribution in [1.82, 2.24) is 9.13 Å². The van der Waals surface area contributed by atoms with Crippen molar-refractivity contribution in [3.05, 3.63) is 91.3 Å². The summed E-state index contributed by atoms with van der Waals surface area (Å²) in [5.74, 6) is -4.70. The number of hydrogen-bond donors (Lipinski definition) is 1. The van der Waals surface area contributed by atoms with Crippen molar-refractivity contribution in [3.63, 3.8) is 0 Å². The Kier molecular flexibility index (Phi) is 5.92.